The predicted molar refractivity (Wildman–Crippen MR) is 155 cm³/mol. The summed E-state index contributed by atoms with van der Waals surface area (Å²) in [5, 5.41) is 1.09. The number of nitrogens with one attached hydrogen (secondary N) is 1. The molecule has 1 N–H and O–H groups in total. The van der Waals surface area contributed by atoms with E-state index in [1.165, 1.54) is 37.3 Å². The molecule has 1 saturated heterocycles. The summed E-state index contributed by atoms with van der Waals surface area (Å²) in [6.45, 7) is 4.31. The van der Waals surface area contributed by atoms with Crippen LogP contribution in [0.1, 0.15) is 66.4 Å². The first-order chi connectivity index (χ1) is 19.4. The van der Waals surface area contributed by atoms with Gasteiger partial charge in [0.2, 0.25) is 15.9 Å². The summed E-state index contributed by atoms with van der Waals surface area (Å²) in [7, 11) is -3.69. The molecule has 1 aromatic heterocycles. The third-order valence-electron chi connectivity index (χ3n) is 8.82. The lowest BCUT2D eigenvalue weighted by molar-refractivity contribution is -0.140. The van der Waals surface area contributed by atoms with E-state index in [4.69, 9.17) is 4.74 Å². The quantitative estimate of drug-likeness (QED) is 0.494. The molecule has 1 atom stereocenters. The molecule has 40 heavy (non-hydrogen) atoms. The van der Waals surface area contributed by atoms with Gasteiger partial charge in [-0.15, -0.1) is 0 Å². The van der Waals surface area contributed by atoms with Crippen LogP contribution in [0.15, 0.2) is 42.5 Å². The molecule has 8 nitrogen and oxygen atoms in total. The van der Waals surface area contributed by atoms with Crippen LogP contribution in [0, 0.1) is 5.92 Å². The third kappa shape index (κ3) is 5.05. The van der Waals surface area contributed by atoms with Gasteiger partial charge < -0.3 is 14.2 Å². The first kappa shape index (κ1) is 27.0. The Bertz CT molecular complexity index is 1550. The number of sulfonamides is 1. The number of carbonyl (C=O) groups excluding carboxylic acids is 2. The SMILES string of the molecule is CCS(=O)(=O)NC(=O)c1ccc2c(C3CCCCC3)c3n(c2c1)CC(C(=O)N1CCOCC1)Cc1ccccc1-3. The van der Waals surface area contributed by atoms with E-state index in [2.05, 4.69) is 27.5 Å². The number of hydrogen-bond donors (Lipinski definition) is 1. The summed E-state index contributed by atoms with van der Waals surface area (Å²) in [4.78, 5) is 28.8. The molecule has 9 heteroatoms. The summed E-state index contributed by atoms with van der Waals surface area (Å²) < 4.78 is 34.2. The predicted octanol–water partition coefficient (Wildman–Crippen LogP) is 4.47. The maximum atomic E-state index is 13.9. The fraction of sp³-hybridized carbons (Fsp3) is 0.484. The molecule has 2 aliphatic heterocycles. The highest BCUT2D eigenvalue weighted by Gasteiger charge is 2.35. The van der Waals surface area contributed by atoms with E-state index in [1.54, 1.807) is 6.07 Å². The van der Waals surface area contributed by atoms with Gasteiger partial charge in [0.15, 0.2) is 0 Å². The zero-order chi connectivity index (χ0) is 27.9. The van der Waals surface area contributed by atoms with Crippen LogP contribution in [0.4, 0.5) is 0 Å². The van der Waals surface area contributed by atoms with E-state index >= 15 is 0 Å². The van der Waals surface area contributed by atoms with Gasteiger partial charge in [0, 0.05) is 41.7 Å². The van der Waals surface area contributed by atoms with Crippen LogP contribution in [0.5, 0.6) is 0 Å². The summed E-state index contributed by atoms with van der Waals surface area (Å²) >= 11 is 0. The molecule has 3 aromatic rings. The Kier molecular flexibility index (Phi) is 7.44. The highest BCUT2D eigenvalue weighted by atomic mass is 32.2. The van der Waals surface area contributed by atoms with E-state index in [0.717, 1.165) is 35.0 Å². The molecule has 6 rings (SSSR count). The van der Waals surface area contributed by atoms with Crippen molar-refractivity contribution in [3.8, 4) is 11.3 Å². The van der Waals surface area contributed by atoms with Gasteiger partial charge in [-0.2, -0.15) is 0 Å². The molecule has 1 aliphatic carbocycles. The molecule has 2 amide bonds. The smallest absolute Gasteiger partial charge is 0.264 e. The molecule has 0 bridgehead atoms. The van der Waals surface area contributed by atoms with Crippen molar-refractivity contribution in [1.82, 2.24) is 14.2 Å². The molecule has 1 unspecified atom stereocenters. The van der Waals surface area contributed by atoms with Crippen molar-refractivity contribution in [2.45, 2.75) is 57.9 Å². The second kappa shape index (κ2) is 11.0. The topological polar surface area (TPSA) is 97.7 Å². The van der Waals surface area contributed by atoms with Gasteiger partial charge in [0.1, 0.15) is 0 Å². The summed E-state index contributed by atoms with van der Waals surface area (Å²) in [6, 6.07) is 13.9. The average molecular weight is 564 g/mol. The van der Waals surface area contributed by atoms with Crippen LogP contribution in [0.25, 0.3) is 22.2 Å². The van der Waals surface area contributed by atoms with Gasteiger partial charge in [0.05, 0.1) is 30.6 Å². The van der Waals surface area contributed by atoms with E-state index in [-0.39, 0.29) is 17.6 Å². The lowest BCUT2D eigenvalue weighted by Gasteiger charge is -2.30. The summed E-state index contributed by atoms with van der Waals surface area (Å²) in [6.07, 6.45) is 6.49. The number of fused-ring (bicyclic) bond motifs is 5. The highest BCUT2D eigenvalue weighted by Crippen LogP contribution is 2.46. The third-order valence-corrected chi connectivity index (χ3v) is 10.1. The summed E-state index contributed by atoms with van der Waals surface area (Å²) in [5.74, 6) is -0.529. The number of nitrogens with zero attached hydrogens (tertiary/aromatic N) is 2. The Morgan fingerprint density at radius 1 is 1.02 bits per heavy atom. The fourth-order valence-electron chi connectivity index (χ4n) is 6.76. The fourth-order valence-corrected chi connectivity index (χ4v) is 7.31. The van der Waals surface area contributed by atoms with Crippen molar-refractivity contribution in [1.29, 1.82) is 0 Å². The molecule has 2 fully saturated rings. The van der Waals surface area contributed by atoms with Crippen LogP contribution in [0.3, 0.4) is 0 Å². The molecular weight excluding hydrogens is 526 g/mol. The maximum absolute atomic E-state index is 13.9. The molecule has 3 aliphatic rings. The zero-order valence-corrected chi connectivity index (χ0v) is 23.8. The van der Waals surface area contributed by atoms with Gasteiger partial charge in [-0.1, -0.05) is 49.6 Å². The van der Waals surface area contributed by atoms with E-state index < -0.39 is 15.9 Å². The number of rotatable bonds is 5. The minimum atomic E-state index is -3.69. The standard InChI is InChI=1S/C31H37N3O5S/c1-2-40(37,38)32-30(35)23-12-13-26-27(19-23)34-20-24(31(36)33-14-16-39-17-15-33)18-22-10-6-7-11-25(22)29(34)28(26)21-8-4-3-5-9-21/h6-7,10-13,19,21,24H,2-5,8-9,14-18,20H2,1H3,(H,32,35). The monoisotopic (exact) mass is 563 g/mol. The van der Waals surface area contributed by atoms with Crippen molar-refractivity contribution in [3.63, 3.8) is 0 Å². The van der Waals surface area contributed by atoms with Crippen molar-refractivity contribution >= 4 is 32.7 Å². The largest absolute Gasteiger partial charge is 0.378 e. The Morgan fingerprint density at radius 2 is 1.77 bits per heavy atom. The van der Waals surface area contributed by atoms with E-state index in [0.29, 0.717) is 50.8 Å². The Hall–Kier alpha value is -3.17. The molecule has 0 spiro atoms. The molecule has 1 saturated carbocycles. The van der Waals surface area contributed by atoms with Gasteiger partial charge in [-0.25, -0.2) is 13.1 Å². The van der Waals surface area contributed by atoms with Gasteiger partial charge >= 0.3 is 0 Å². The van der Waals surface area contributed by atoms with Gasteiger partial charge in [-0.05, 0) is 55.4 Å². The highest BCUT2D eigenvalue weighted by molar-refractivity contribution is 7.90. The maximum Gasteiger partial charge on any atom is 0.264 e. The van der Waals surface area contributed by atoms with Gasteiger partial charge in [-0.3, -0.25) is 9.59 Å². The number of aromatic nitrogens is 1. The normalized spacial score (nSPS) is 20.0. The molecule has 212 valence electrons. The van der Waals surface area contributed by atoms with Crippen LogP contribution in [0.2, 0.25) is 0 Å². The zero-order valence-electron chi connectivity index (χ0n) is 23.0. The van der Waals surface area contributed by atoms with E-state index in [1.807, 2.05) is 23.1 Å². The van der Waals surface area contributed by atoms with Crippen molar-refractivity contribution < 1.29 is 22.7 Å². The van der Waals surface area contributed by atoms with Gasteiger partial charge in [0.25, 0.3) is 5.91 Å². The molecular formula is C31H37N3O5S. The number of hydrogen-bond acceptors (Lipinski definition) is 5. The number of ether oxygens (including phenoxy) is 1. The van der Waals surface area contributed by atoms with Crippen molar-refractivity contribution in [2.75, 3.05) is 32.1 Å². The Morgan fingerprint density at radius 3 is 2.52 bits per heavy atom. The number of benzene rings is 2. The lowest BCUT2D eigenvalue weighted by Crippen LogP contribution is -2.45. The Labute approximate surface area is 235 Å². The minimum absolute atomic E-state index is 0.134. The number of amides is 2. The number of carbonyl (C=O) groups is 2. The van der Waals surface area contributed by atoms with Crippen LogP contribution < -0.4 is 4.72 Å². The Balaban J connectivity index is 1.53. The minimum Gasteiger partial charge on any atom is -0.378 e. The van der Waals surface area contributed by atoms with Crippen molar-refractivity contribution in [2.24, 2.45) is 5.92 Å². The first-order valence-electron chi connectivity index (χ1n) is 14.5. The second-order valence-electron chi connectivity index (χ2n) is 11.3. The van der Waals surface area contributed by atoms with E-state index in [9.17, 15) is 18.0 Å². The number of morpholine rings is 1. The molecule has 0 radical (unpaired) electrons. The lowest BCUT2D eigenvalue weighted by atomic mass is 9.81. The summed E-state index contributed by atoms with van der Waals surface area (Å²) in [5.41, 5.74) is 5.95. The average Bonchev–Trinajstić information content (AvgIpc) is 3.19. The second-order valence-corrected chi connectivity index (χ2v) is 13.3. The molecule has 2 aromatic carbocycles. The van der Waals surface area contributed by atoms with Crippen LogP contribution in [-0.4, -0.2) is 61.8 Å². The van der Waals surface area contributed by atoms with Crippen LogP contribution >= 0.6 is 0 Å². The van der Waals surface area contributed by atoms with Crippen LogP contribution in [-0.2, 0) is 32.5 Å². The van der Waals surface area contributed by atoms with Crippen molar-refractivity contribution in [3.05, 3.63) is 59.2 Å². The molecule has 3 heterocycles. The first-order valence-corrected chi connectivity index (χ1v) is 16.2.